The molecule has 3 N–H and O–H groups in total. The molecule has 1 amide bonds. The van der Waals surface area contributed by atoms with Crippen molar-refractivity contribution in [2.45, 2.75) is 32.2 Å². The fraction of sp³-hybridized carbons (Fsp3) is 0.286. The molecule has 0 radical (unpaired) electrons. The number of alkyl halides is 3. The molecule has 0 bridgehead atoms. The van der Waals surface area contributed by atoms with E-state index in [9.17, 15) is 27.6 Å². The Morgan fingerprint density at radius 3 is 2.50 bits per heavy atom. The van der Waals surface area contributed by atoms with Gasteiger partial charge in [0.1, 0.15) is 29.9 Å². The second-order valence-electron chi connectivity index (χ2n) is 7.52. The molecule has 168 valence electrons. The van der Waals surface area contributed by atoms with Crippen molar-refractivity contribution in [2.75, 3.05) is 0 Å². The van der Waals surface area contributed by atoms with Gasteiger partial charge in [-0.05, 0) is 42.5 Å². The SMILES string of the molecule is NC(=O)c1cc(-c2ccc(OCc3coc(=O)n3CC3CC3)cc2)c(C(F)(F)F)[nH]c1=O. The number of hydrogen-bond acceptors (Lipinski definition) is 5. The molecule has 0 atom stereocenters. The fourth-order valence-electron chi connectivity index (χ4n) is 3.28. The third kappa shape index (κ3) is 4.46. The number of primary amides is 1. The first-order chi connectivity index (χ1) is 15.1. The van der Waals surface area contributed by atoms with Crippen LogP contribution in [0.25, 0.3) is 11.1 Å². The average molecular weight is 449 g/mol. The number of carbonyl (C=O) groups excluding carboxylic acids is 1. The zero-order valence-electron chi connectivity index (χ0n) is 16.6. The molecule has 2 aromatic heterocycles. The quantitative estimate of drug-likeness (QED) is 0.575. The molecule has 0 saturated heterocycles. The van der Waals surface area contributed by atoms with Crippen LogP contribution in [0.3, 0.4) is 0 Å². The Labute approximate surface area is 178 Å². The van der Waals surface area contributed by atoms with Crippen LogP contribution in [0, 0.1) is 5.92 Å². The number of nitrogens with zero attached hydrogens (tertiary/aromatic N) is 1. The smallest absolute Gasteiger partial charge is 0.431 e. The Morgan fingerprint density at radius 2 is 1.91 bits per heavy atom. The Hall–Kier alpha value is -3.76. The van der Waals surface area contributed by atoms with Gasteiger partial charge in [0.05, 0.1) is 5.69 Å². The van der Waals surface area contributed by atoms with Crippen LogP contribution in [-0.4, -0.2) is 15.5 Å². The normalized spacial score (nSPS) is 13.8. The number of halogens is 3. The predicted molar refractivity (Wildman–Crippen MR) is 106 cm³/mol. The van der Waals surface area contributed by atoms with Crippen LogP contribution in [0.5, 0.6) is 5.75 Å². The minimum absolute atomic E-state index is 0.0378. The van der Waals surface area contributed by atoms with Crippen molar-refractivity contribution >= 4 is 5.91 Å². The molecule has 1 saturated carbocycles. The van der Waals surface area contributed by atoms with Gasteiger partial charge in [0.25, 0.3) is 11.5 Å². The highest BCUT2D eigenvalue weighted by Gasteiger charge is 2.36. The van der Waals surface area contributed by atoms with Crippen molar-refractivity contribution < 1.29 is 27.1 Å². The summed E-state index contributed by atoms with van der Waals surface area (Å²) in [6.45, 7) is 0.595. The molecule has 2 heterocycles. The summed E-state index contributed by atoms with van der Waals surface area (Å²) < 4.78 is 52.3. The minimum atomic E-state index is -4.85. The minimum Gasteiger partial charge on any atom is -0.487 e. The third-order valence-corrected chi connectivity index (χ3v) is 5.14. The first kappa shape index (κ1) is 21.5. The van der Waals surface area contributed by atoms with Crippen LogP contribution in [0.1, 0.15) is 34.6 Å². The first-order valence-corrected chi connectivity index (χ1v) is 9.68. The van der Waals surface area contributed by atoms with Gasteiger partial charge in [-0.1, -0.05) is 12.1 Å². The number of aromatic amines is 1. The van der Waals surface area contributed by atoms with E-state index in [1.165, 1.54) is 35.1 Å². The van der Waals surface area contributed by atoms with Crippen molar-refractivity contribution in [3.8, 4) is 16.9 Å². The number of ether oxygens (including phenoxy) is 1. The number of carbonyl (C=O) groups is 1. The van der Waals surface area contributed by atoms with Gasteiger partial charge in [-0.15, -0.1) is 0 Å². The lowest BCUT2D eigenvalue weighted by atomic mass is 10.0. The Morgan fingerprint density at radius 1 is 1.22 bits per heavy atom. The second kappa shape index (κ2) is 8.06. The van der Waals surface area contributed by atoms with Crippen molar-refractivity contribution in [3.63, 3.8) is 0 Å². The summed E-state index contributed by atoms with van der Waals surface area (Å²) in [6.07, 6.45) is -1.42. The van der Waals surface area contributed by atoms with Crippen molar-refractivity contribution in [2.24, 2.45) is 11.7 Å². The van der Waals surface area contributed by atoms with Crippen molar-refractivity contribution in [1.29, 1.82) is 0 Å². The van der Waals surface area contributed by atoms with E-state index in [0.29, 0.717) is 23.9 Å². The highest BCUT2D eigenvalue weighted by Crippen LogP contribution is 2.36. The molecule has 4 rings (SSSR count). The van der Waals surface area contributed by atoms with Crippen LogP contribution < -0.4 is 21.8 Å². The lowest BCUT2D eigenvalue weighted by molar-refractivity contribution is -0.140. The standard InChI is InChI=1S/C21H18F3N3O5/c22-21(23,24)17-15(7-16(18(25)28)19(29)26-17)12-3-5-14(6-4-12)31-9-13-10-32-20(30)27(13)8-11-1-2-11/h3-7,10-11H,1-2,8-9H2,(H2,25,28)(H,26,29). The van der Waals surface area contributed by atoms with E-state index in [2.05, 4.69) is 0 Å². The number of nitrogens with two attached hydrogens (primary N) is 1. The van der Waals surface area contributed by atoms with Crippen molar-refractivity contribution in [3.05, 3.63) is 74.5 Å². The molecule has 1 aromatic carbocycles. The van der Waals surface area contributed by atoms with E-state index in [4.69, 9.17) is 14.9 Å². The zero-order chi connectivity index (χ0) is 23.0. The number of nitrogens with one attached hydrogen (secondary N) is 1. The monoisotopic (exact) mass is 449 g/mol. The molecule has 1 aliphatic carbocycles. The lowest BCUT2D eigenvalue weighted by Crippen LogP contribution is -2.27. The molecule has 1 fully saturated rings. The number of H-pyrrole nitrogens is 1. The number of aromatic nitrogens is 2. The van der Waals surface area contributed by atoms with Crippen LogP contribution in [0.2, 0.25) is 0 Å². The first-order valence-electron chi connectivity index (χ1n) is 9.68. The summed E-state index contributed by atoms with van der Waals surface area (Å²) in [5.41, 5.74) is 2.26. The van der Waals surface area contributed by atoms with Crippen molar-refractivity contribution in [1.82, 2.24) is 9.55 Å². The Bertz CT molecular complexity index is 1270. The Balaban J connectivity index is 1.58. The maximum Gasteiger partial charge on any atom is 0.431 e. The maximum atomic E-state index is 13.4. The van der Waals surface area contributed by atoms with E-state index in [1.807, 2.05) is 0 Å². The van der Waals surface area contributed by atoms with E-state index in [0.717, 1.165) is 18.9 Å². The van der Waals surface area contributed by atoms with E-state index < -0.39 is 40.2 Å². The molecule has 0 aliphatic heterocycles. The van der Waals surface area contributed by atoms with Crippen LogP contribution in [0.4, 0.5) is 13.2 Å². The number of pyridine rings is 1. The van der Waals surface area contributed by atoms with Gasteiger partial charge in [-0.25, -0.2) is 4.79 Å². The van der Waals surface area contributed by atoms with Gasteiger partial charge in [-0.3, -0.25) is 14.2 Å². The highest BCUT2D eigenvalue weighted by atomic mass is 19.4. The summed E-state index contributed by atoms with van der Waals surface area (Å²) >= 11 is 0. The maximum absolute atomic E-state index is 13.4. The molecule has 3 aromatic rings. The van der Waals surface area contributed by atoms with Crippen LogP contribution in [0.15, 0.2) is 50.6 Å². The van der Waals surface area contributed by atoms with Gasteiger partial charge in [-0.2, -0.15) is 13.2 Å². The topological polar surface area (TPSA) is 120 Å². The summed E-state index contributed by atoms with van der Waals surface area (Å²) in [5, 5.41) is 0. The number of hydrogen-bond donors (Lipinski definition) is 2. The van der Waals surface area contributed by atoms with Gasteiger partial charge in [0, 0.05) is 12.1 Å². The van der Waals surface area contributed by atoms with Crippen LogP contribution in [-0.2, 0) is 19.3 Å². The molecule has 0 spiro atoms. The highest BCUT2D eigenvalue weighted by molar-refractivity contribution is 5.94. The number of rotatable bonds is 7. The lowest BCUT2D eigenvalue weighted by Gasteiger charge is -2.14. The summed E-state index contributed by atoms with van der Waals surface area (Å²) in [5.74, 6) is -0.811. The van der Waals surface area contributed by atoms with Crippen LogP contribution >= 0.6 is 0 Å². The average Bonchev–Trinajstić information content (AvgIpc) is 3.49. The van der Waals surface area contributed by atoms with Gasteiger partial charge in [0.2, 0.25) is 0 Å². The molecule has 1 aliphatic rings. The summed E-state index contributed by atoms with van der Waals surface area (Å²) in [4.78, 5) is 36.7. The Kier molecular flexibility index (Phi) is 5.41. The number of amides is 1. The zero-order valence-corrected chi connectivity index (χ0v) is 16.6. The van der Waals surface area contributed by atoms with E-state index in [-0.39, 0.29) is 12.2 Å². The van der Waals surface area contributed by atoms with E-state index in [1.54, 1.807) is 4.98 Å². The van der Waals surface area contributed by atoms with Gasteiger partial charge >= 0.3 is 11.9 Å². The molecule has 0 unspecified atom stereocenters. The fourth-order valence-corrected chi connectivity index (χ4v) is 3.28. The second-order valence-corrected chi connectivity index (χ2v) is 7.52. The molecular formula is C21H18F3N3O5. The predicted octanol–water partition coefficient (Wildman–Crippen LogP) is 2.90. The molecule has 32 heavy (non-hydrogen) atoms. The number of benzene rings is 1. The largest absolute Gasteiger partial charge is 0.487 e. The third-order valence-electron chi connectivity index (χ3n) is 5.14. The summed E-state index contributed by atoms with van der Waals surface area (Å²) in [7, 11) is 0. The van der Waals surface area contributed by atoms with Gasteiger partial charge in [0.15, 0.2) is 0 Å². The van der Waals surface area contributed by atoms with Gasteiger partial charge < -0.3 is 19.9 Å². The molecule has 11 heteroatoms. The summed E-state index contributed by atoms with van der Waals surface area (Å²) in [6, 6.07) is 6.41. The number of oxazole rings is 1. The molecular weight excluding hydrogens is 431 g/mol. The molecule has 8 nitrogen and oxygen atoms in total. The van der Waals surface area contributed by atoms with E-state index >= 15 is 0 Å².